The molecule has 14 heavy (non-hydrogen) atoms. The van der Waals surface area contributed by atoms with Crippen LogP contribution in [0, 0.1) is 5.82 Å². The number of carbonyl (C=O) groups is 1. The lowest BCUT2D eigenvalue weighted by Crippen LogP contribution is -2.32. The Morgan fingerprint density at radius 2 is 2.21 bits per heavy atom. The lowest BCUT2D eigenvalue weighted by atomic mass is 10.1. The number of aliphatic carboxylic acids is 1. The van der Waals surface area contributed by atoms with Gasteiger partial charge in [0.1, 0.15) is 17.6 Å². The molecule has 0 unspecified atom stereocenters. The molecule has 5 heteroatoms. The minimum Gasteiger partial charge on any atom is -0.508 e. The molecule has 0 saturated heterocycles. The van der Waals surface area contributed by atoms with Gasteiger partial charge in [0.25, 0.3) is 0 Å². The van der Waals surface area contributed by atoms with Crippen LogP contribution in [0.15, 0.2) is 18.2 Å². The van der Waals surface area contributed by atoms with Gasteiger partial charge in [-0.2, -0.15) is 0 Å². The zero-order chi connectivity index (χ0) is 10.7. The van der Waals surface area contributed by atoms with Crippen molar-refractivity contribution in [1.29, 1.82) is 0 Å². The molecule has 0 aliphatic heterocycles. The number of phenols is 1. The van der Waals surface area contributed by atoms with Gasteiger partial charge in [-0.05, 0) is 23.8 Å². The quantitative estimate of drug-likeness (QED) is 0.661. The van der Waals surface area contributed by atoms with Crippen molar-refractivity contribution in [2.24, 2.45) is 5.73 Å². The Morgan fingerprint density at radius 3 is 2.79 bits per heavy atom. The van der Waals surface area contributed by atoms with Crippen molar-refractivity contribution in [3.8, 4) is 5.75 Å². The van der Waals surface area contributed by atoms with Crippen molar-refractivity contribution < 1.29 is 19.4 Å². The molecule has 0 heterocycles. The van der Waals surface area contributed by atoms with Crippen LogP contribution in [0.2, 0.25) is 0 Å². The van der Waals surface area contributed by atoms with Crippen molar-refractivity contribution in [2.45, 2.75) is 12.5 Å². The van der Waals surface area contributed by atoms with Crippen molar-refractivity contribution in [1.82, 2.24) is 0 Å². The molecule has 4 nitrogen and oxygen atoms in total. The summed E-state index contributed by atoms with van der Waals surface area (Å²) in [5.74, 6) is -1.87. The molecule has 1 aromatic carbocycles. The van der Waals surface area contributed by atoms with E-state index in [4.69, 9.17) is 10.8 Å². The lowest BCUT2D eigenvalue weighted by molar-refractivity contribution is -0.138. The predicted octanol–water partition coefficient (Wildman–Crippen LogP) is 0.486. The molecule has 76 valence electrons. The fourth-order valence-electron chi connectivity index (χ4n) is 1.04. The van der Waals surface area contributed by atoms with E-state index < -0.39 is 17.8 Å². The second-order valence-electron chi connectivity index (χ2n) is 2.92. The van der Waals surface area contributed by atoms with Gasteiger partial charge in [-0.1, -0.05) is 0 Å². The molecule has 0 aromatic heterocycles. The average molecular weight is 199 g/mol. The molecule has 0 aliphatic rings. The number of hydrogen-bond acceptors (Lipinski definition) is 3. The molecular formula is C9H10FNO3. The van der Waals surface area contributed by atoms with Gasteiger partial charge in [0.2, 0.25) is 0 Å². The Labute approximate surface area is 79.8 Å². The van der Waals surface area contributed by atoms with Gasteiger partial charge in [-0.3, -0.25) is 4.79 Å². The minimum atomic E-state index is -1.19. The van der Waals surface area contributed by atoms with E-state index in [2.05, 4.69) is 0 Å². The Morgan fingerprint density at radius 1 is 1.57 bits per heavy atom. The molecule has 0 radical (unpaired) electrons. The lowest BCUT2D eigenvalue weighted by Gasteiger charge is -2.07. The Balaban J connectivity index is 2.85. The number of nitrogens with two attached hydrogens (primary N) is 1. The molecular weight excluding hydrogens is 189 g/mol. The van der Waals surface area contributed by atoms with Gasteiger partial charge >= 0.3 is 5.97 Å². The summed E-state index contributed by atoms with van der Waals surface area (Å²) in [5, 5.41) is 17.8. The normalized spacial score (nSPS) is 12.4. The molecule has 1 atom stereocenters. The zero-order valence-corrected chi connectivity index (χ0v) is 7.27. The third-order valence-electron chi connectivity index (χ3n) is 1.80. The number of carboxylic acid groups (broad SMARTS) is 1. The molecule has 0 amide bonds. The van der Waals surface area contributed by atoms with Crippen LogP contribution < -0.4 is 5.73 Å². The van der Waals surface area contributed by atoms with Crippen LogP contribution in [-0.4, -0.2) is 22.2 Å². The number of aromatic hydroxyl groups is 1. The average Bonchev–Trinajstić information content (AvgIpc) is 2.11. The van der Waals surface area contributed by atoms with Crippen LogP contribution in [0.5, 0.6) is 5.75 Å². The second-order valence-corrected chi connectivity index (χ2v) is 2.92. The maximum absolute atomic E-state index is 12.7. The van der Waals surface area contributed by atoms with E-state index in [1.165, 1.54) is 6.07 Å². The molecule has 0 bridgehead atoms. The first-order chi connectivity index (χ1) is 6.50. The van der Waals surface area contributed by atoms with Crippen molar-refractivity contribution in [2.75, 3.05) is 0 Å². The predicted molar refractivity (Wildman–Crippen MR) is 47.4 cm³/mol. The Hall–Kier alpha value is -1.62. The third-order valence-corrected chi connectivity index (χ3v) is 1.80. The minimum absolute atomic E-state index is 0.0983. The first-order valence-corrected chi connectivity index (χ1v) is 3.96. The van der Waals surface area contributed by atoms with Gasteiger partial charge in [-0.15, -0.1) is 0 Å². The summed E-state index contributed by atoms with van der Waals surface area (Å²) in [5.41, 5.74) is 5.43. The molecule has 0 saturated carbocycles. The van der Waals surface area contributed by atoms with E-state index >= 15 is 0 Å². The highest BCUT2D eigenvalue weighted by molar-refractivity contribution is 5.73. The summed E-state index contributed by atoms with van der Waals surface area (Å²) in [6.07, 6.45) is -0.0983. The van der Waals surface area contributed by atoms with E-state index in [9.17, 15) is 14.3 Å². The molecule has 0 fully saturated rings. The molecule has 4 N–H and O–H groups in total. The van der Waals surface area contributed by atoms with E-state index in [1.807, 2.05) is 0 Å². The topological polar surface area (TPSA) is 83.5 Å². The summed E-state index contributed by atoms with van der Waals surface area (Å²) < 4.78 is 12.7. The first kappa shape index (κ1) is 10.5. The Bertz CT molecular complexity index is 354. The molecule has 1 aromatic rings. The molecule has 0 aliphatic carbocycles. The van der Waals surface area contributed by atoms with Gasteiger partial charge in [0, 0.05) is 6.42 Å². The summed E-state index contributed by atoms with van der Waals surface area (Å²) in [4.78, 5) is 10.4. The van der Waals surface area contributed by atoms with E-state index in [-0.39, 0.29) is 17.7 Å². The summed E-state index contributed by atoms with van der Waals surface area (Å²) in [6, 6.07) is 2.19. The molecule has 0 spiro atoms. The number of halogens is 1. The fourth-order valence-corrected chi connectivity index (χ4v) is 1.04. The highest BCUT2D eigenvalue weighted by atomic mass is 19.1. The van der Waals surface area contributed by atoms with Gasteiger partial charge in [-0.25, -0.2) is 4.39 Å². The fraction of sp³-hybridized carbons (Fsp3) is 0.222. The first-order valence-electron chi connectivity index (χ1n) is 3.96. The van der Waals surface area contributed by atoms with Crippen molar-refractivity contribution >= 4 is 5.97 Å². The van der Waals surface area contributed by atoms with Crippen LogP contribution in [0.3, 0.4) is 0 Å². The monoisotopic (exact) mass is 199 g/mol. The Kier molecular flexibility index (Phi) is 3.03. The highest BCUT2D eigenvalue weighted by Crippen LogP contribution is 2.18. The maximum atomic E-state index is 12.7. The number of benzene rings is 1. The van der Waals surface area contributed by atoms with Gasteiger partial charge < -0.3 is 15.9 Å². The number of rotatable bonds is 3. The van der Waals surface area contributed by atoms with E-state index in [0.717, 1.165) is 12.1 Å². The van der Waals surface area contributed by atoms with Crippen LogP contribution in [0.25, 0.3) is 0 Å². The van der Waals surface area contributed by atoms with E-state index in [0.29, 0.717) is 0 Å². The zero-order valence-electron chi connectivity index (χ0n) is 7.27. The SMILES string of the molecule is N[C@H](Cc1cc(F)ccc1O)C(=O)O. The summed E-state index contributed by atoms with van der Waals surface area (Å²) in [7, 11) is 0. The standard InChI is InChI=1S/C9H10FNO3/c10-6-1-2-8(12)5(3-6)4-7(11)9(13)14/h1-3,7,12H,4,11H2,(H,13,14)/t7-/m1/s1. The van der Waals surface area contributed by atoms with E-state index in [1.54, 1.807) is 0 Å². The number of phenolic OH excluding ortho intramolecular Hbond substituents is 1. The van der Waals surface area contributed by atoms with Crippen LogP contribution >= 0.6 is 0 Å². The van der Waals surface area contributed by atoms with Crippen LogP contribution in [0.4, 0.5) is 4.39 Å². The van der Waals surface area contributed by atoms with Crippen molar-refractivity contribution in [3.63, 3.8) is 0 Å². The van der Waals surface area contributed by atoms with Crippen LogP contribution in [-0.2, 0) is 11.2 Å². The van der Waals surface area contributed by atoms with Crippen molar-refractivity contribution in [3.05, 3.63) is 29.6 Å². The maximum Gasteiger partial charge on any atom is 0.320 e. The van der Waals surface area contributed by atoms with Gasteiger partial charge in [0.05, 0.1) is 0 Å². The second kappa shape index (κ2) is 4.06. The molecule has 1 rings (SSSR count). The summed E-state index contributed by atoms with van der Waals surface area (Å²) in [6.45, 7) is 0. The van der Waals surface area contributed by atoms with Crippen LogP contribution in [0.1, 0.15) is 5.56 Å². The smallest absolute Gasteiger partial charge is 0.320 e. The number of carboxylic acids is 1. The number of hydrogen-bond donors (Lipinski definition) is 3. The highest BCUT2D eigenvalue weighted by Gasteiger charge is 2.14. The summed E-state index contributed by atoms with van der Waals surface area (Å²) >= 11 is 0. The third kappa shape index (κ3) is 2.43. The van der Waals surface area contributed by atoms with Gasteiger partial charge in [0.15, 0.2) is 0 Å². The largest absolute Gasteiger partial charge is 0.508 e.